The Morgan fingerprint density at radius 3 is 3.04 bits per heavy atom. The highest BCUT2D eigenvalue weighted by Crippen LogP contribution is 2.30. The Balaban J connectivity index is 1.80. The number of hydrogen-bond donors (Lipinski definition) is 1. The standard InChI is InChI=1S/C19H24BrN3O3S/c1-3-27-18-8-13-15(9-14(18)20)22-11-23(19(13)25)10-12(24)7-16-17(26-2)5-4-6-21-16/h8-9,11,16-17,21H,3-7,10H2,1-2H3. The van der Waals surface area contributed by atoms with Crippen molar-refractivity contribution < 1.29 is 9.53 Å². The van der Waals surface area contributed by atoms with E-state index in [1.807, 2.05) is 12.1 Å². The molecule has 1 aromatic carbocycles. The van der Waals surface area contributed by atoms with E-state index >= 15 is 0 Å². The summed E-state index contributed by atoms with van der Waals surface area (Å²) >= 11 is 5.19. The summed E-state index contributed by atoms with van der Waals surface area (Å²) in [5, 5.41) is 3.89. The molecular weight excluding hydrogens is 430 g/mol. The molecule has 0 spiro atoms. The number of carbonyl (C=O) groups is 1. The zero-order valence-corrected chi connectivity index (χ0v) is 17.9. The van der Waals surface area contributed by atoms with Gasteiger partial charge in [-0.1, -0.05) is 6.92 Å². The zero-order valence-electron chi connectivity index (χ0n) is 15.5. The fraction of sp³-hybridized carbons (Fsp3) is 0.526. The Kier molecular flexibility index (Phi) is 7.08. The third-order valence-electron chi connectivity index (χ3n) is 4.80. The third-order valence-corrected chi connectivity index (χ3v) is 6.65. The minimum Gasteiger partial charge on any atom is -0.380 e. The quantitative estimate of drug-likeness (QED) is 0.649. The van der Waals surface area contributed by atoms with E-state index in [9.17, 15) is 9.59 Å². The van der Waals surface area contributed by atoms with E-state index in [0.29, 0.717) is 17.3 Å². The van der Waals surface area contributed by atoms with Crippen LogP contribution in [0.1, 0.15) is 26.2 Å². The normalized spacial score (nSPS) is 20.1. The molecule has 0 bridgehead atoms. The lowest BCUT2D eigenvalue weighted by Gasteiger charge is -2.31. The van der Waals surface area contributed by atoms with Crippen LogP contribution < -0.4 is 10.9 Å². The predicted octanol–water partition coefficient (Wildman–Crippen LogP) is 3.00. The van der Waals surface area contributed by atoms with Gasteiger partial charge >= 0.3 is 0 Å². The molecular formula is C19H24BrN3O3S. The van der Waals surface area contributed by atoms with E-state index in [1.165, 1.54) is 10.9 Å². The Hall–Kier alpha value is -1.22. The molecule has 2 atom stereocenters. The largest absolute Gasteiger partial charge is 0.380 e. The van der Waals surface area contributed by atoms with E-state index in [2.05, 4.69) is 33.2 Å². The number of nitrogens with zero attached hydrogens (tertiary/aromatic N) is 2. The molecule has 0 saturated carbocycles. The zero-order chi connectivity index (χ0) is 19.4. The fourth-order valence-electron chi connectivity index (χ4n) is 3.45. The number of benzene rings is 1. The maximum absolute atomic E-state index is 12.9. The van der Waals surface area contributed by atoms with Crippen molar-refractivity contribution in [2.24, 2.45) is 0 Å². The van der Waals surface area contributed by atoms with Gasteiger partial charge in [0.05, 0.1) is 29.9 Å². The summed E-state index contributed by atoms with van der Waals surface area (Å²) in [6.07, 6.45) is 3.85. The Labute approximate surface area is 171 Å². The van der Waals surface area contributed by atoms with Crippen LogP contribution in [0.25, 0.3) is 10.9 Å². The van der Waals surface area contributed by atoms with Gasteiger partial charge in [-0.3, -0.25) is 14.2 Å². The number of nitrogens with one attached hydrogen (secondary N) is 1. The number of Topliss-reactive ketones (excluding diaryl/α,β-unsaturated/α-hetero) is 1. The minimum absolute atomic E-state index is 0.0000293. The molecule has 1 aromatic heterocycles. The highest BCUT2D eigenvalue weighted by molar-refractivity contribution is 9.10. The molecule has 8 heteroatoms. The van der Waals surface area contributed by atoms with Crippen molar-refractivity contribution in [2.75, 3.05) is 19.4 Å². The fourth-order valence-corrected chi connectivity index (χ4v) is 4.83. The number of ketones is 1. The van der Waals surface area contributed by atoms with Gasteiger partial charge in [0.2, 0.25) is 0 Å². The number of thioether (sulfide) groups is 1. The molecule has 2 heterocycles. The molecule has 1 fully saturated rings. The molecule has 1 N–H and O–H groups in total. The highest BCUT2D eigenvalue weighted by Gasteiger charge is 2.26. The molecule has 0 aliphatic carbocycles. The molecule has 3 rings (SSSR count). The summed E-state index contributed by atoms with van der Waals surface area (Å²) in [6, 6.07) is 3.72. The first-order valence-electron chi connectivity index (χ1n) is 9.12. The van der Waals surface area contributed by atoms with Gasteiger partial charge in [0.15, 0.2) is 5.78 Å². The van der Waals surface area contributed by atoms with E-state index in [1.54, 1.807) is 18.9 Å². The summed E-state index contributed by atoms with van der Waals surface area (Å²) < 4.78 is 7.81. The average molecular weight is 454 g/mol. The van der Waals surface area contributed by atoms with Crippen molar-refractivity contribution >= 4 is 44.4 Å². The molecule has 1 saturated heterocycles. The van der Waals surface area contributed by atoms with E-state index < -0.39 is 0 Å². The highest BCUT2D eigenvalue weighted by atomic mass is 79.9. The number of piperidine rings is 1. The number of halogens is 1. The number of fused-ring (bicyclic) bond motifs is 1. The number of carbonyl (C=O) groups excluding carboxylic acids is 1. The van der Waals surface area contributed by atoms with Crippen LogP contribution in [0.5, 0.6) is 0 Å². The van der Waals surface area contributed by atoms with Gasteiger partial charge in [0, 0.05) is 28.9 Å². The first-order chi connectivity index (χ1) is 13.0. The van der Waals surface area contributed by atoms with Gasteiger partial charge in [-0.15, -0.1) is 11.8 Å². The second kappa shape index (κ2) is 9.32. The smallest absolute Gasteiger partial charge is 0.261 e. The molecule has 2 unspecified atom stereocenters. The molecule has 2 aromatic rings. The van der Waals surface area contributed by atoms with Crippen LogP contribution in [0, 0.1) is 0 Å². The van der Waals surface area contributed by atoms with Crippen LogP contribution in [-0.2, 0) is 16.1 Å². The summed E-state index contributed by atoms with van der Waals surface area (Å²) in [7, 11) is 1.68. The Morgan fingerprint density at radius 1 is 1.48 bits per heavy atom. The van der Waals surface area contributed by atoms with Crippen LogP contribution in [0.3, 0.4) is 0 Å². The van der Waals surface area contributed by atoms with Crippen molar-refractivity contribution in [2.45, 2.75) is 49.8 Å². The van der Waals surface area contributed by atoms with Crippen LogP contribution in [0.2, 0.25) is 0 Å². The summed E-state index contributed by atoms with van der Waals surface area (Å²) in [5.41, 5.74) is 0.447. The molecule has 1 aliphatic rings. The van der Waals surface area contributed by atoms with Crippen molar-refractivity contribution in [1.29, 1.82) is 0 Å². The van der Waals surface area contributed by atoms with Crippen LogP contribution in [0.4, 0.5) is 0 Å². The minimum atomic E-state index is -0.182. The van der Waals surface area contributed by atoms with E-state index in [4.69, 9.17) is 4.74 Å². The summed E-state index contributed by atoms with van der Waals surface area (Å²) in [6.45, 7) is 2.98. The Morgan fingerprint density at radius 2 is 2.30 bits per heavy atom. The maximum atomic E-state index is 12.9. The number of ether oxygens (including phenoxy) is 1. The van der Waals surface area contributed by atoms with Crippen molar-refractivity contribution in [3.05, 3.63) is 33.3 Å². The molecule has 1 aliphatic heterocycles. The molecule has 0 radical (unpaired) electrons. The van der Waals surface area contributed by atoms with Gasteiger partial charge in [0.25, 0.3) is 5.56 Å². The maximum Gasteiger partial charge on any atom is 0.261 e. The van der Waals surface area contributed by atoms with Crippen LogP contribution in [-0.4, -0.2) is 46.9 Å². The molecule has 0 amide bonds. The van der Waals surface area contributed by atoms with Crippen LogP contribution in [0.15, 0.2) is 32.6 Å². The van der Waals surface area contributed by atoms with E-state index in [-0.39, 0.29) is 30.0 Å². The second-order valence-corrected chi connectivity index (χ2v) is 8.79. The van der Waals surface area contributed by atoms with Gasteiger partial charge in [-0.25, -0.2) is 4.98 Å². The van der Waals surface area contributed by atoms with Crippen LogP contribution >= 0.6 is 27.7 Å². The SMILES string of the molecule is CCSc1cc2c(=O)n(CC(=O)CC3NCCCC3OC)cnc2cc1Br. The average Bonchev–Trinajstić information content (AvgIpc) is 2.66. The van der Waals surface area contributed by atoms with Gasteiger partial charge in [-0.05, 0) is 53.2 Å². The first-order valence-corrected chi connectivity index (χ1v) is 10.9. The van der Waals surface area contributed by atoms with Gasteiger partial charge in [-0.2, -0.15) is 0 Å². The second-order valence-electron chi connectivity index (χ2n) is 6.63. The monoisotopic (exact) mass is 453 g/mol. The lowest BCUT2D eigenvalue weighted by Crippen LogP contribution is -2.47. The molecule has 146 valence electrons. The third kappa shape index (κ3) is 4.80. The first kappa shape index (κ1) is 20.5. The Bertz CT molecular complexity index is 886. The number of rotatable bonds is 7. The number of methoxy groups -OCH3 is 1. The predicted molar refractivity (Wildman–Crippen MR) is 112 cm³/mol. The summed E-state index contributed by atoms with van der Waals surface area (Å²) in [4.78, 5) is 30.8. The van der Waals surface area contributed by atoms with Gasteiger partial charge < -0.3 is 10.1 Å². The lowest BCUT2D eigenvalue weighted by molar-refractivity contribution is -0.121. The number of aromatic nitrogens is 2. The molecule has 6 nitrogen and oxygen atoms in total. The topological polar surface area (TPSA) is 73.2 Å². The number of hydrogen-bond acceptors (Lipinski definition) is 6. The molecule has 27 heavy (non-hydrogen) atoms. The summed E-state index contributed by atoms with van der Waals surface area (Å²) in [5.74, 6) is 0.909. The van der Waals surface area contributed by atoms with Crippen molar-refractivity contribution in [1.82, 2.24) is 14.9 Å². The van der Waals surface area contributed by atoms with Gasteiger partial charge in [0.1, 0.15) is 0 Å². The lowest BCUT2D eigenvalue weighted by atomic mass is 9.96. The van der Waals surface area contributed by atoms with Crippen molar-refractivity contribution in [3.63, 3.8) is 0 Å². The van der Waals surface area contributed by atoms with Crippen molar-refractivity contribution in [3.8, 4) is 0 Å². The van der Waals surface area contributed by atoms with E-state index in [0.717, 1.165) is 34.5 Å².